The minimum atomic E-state index is -0.678. The molecule has 0 spiro atoms. The summed E-state index contributed by atoms with van der Waals surface area (Å²) in [5.74, 6) is -1.14. The zero-order chi connectivity index (χ0) is 18.6. The van der Waals surface area contributed by atoms with Crippen LogP contribution in [0.3, 0.4) is 0 Å². The number of hydrogen-bond acceptors (Lipinski definition) is 5. The van der Waals surface area contributed by atoms with E-state index in [0.29, 0.717) is 17.5 Å². The highest BCUT2D eigenvalue weighted by molar-refractivity contribution is 5.96. The van der Waals surface area contributed by atoms with Gasteiger partial charge in [0.2, 0.25) is 0 Å². The Morgan fingerprint density at radius 2 is 1.84 bits per heavy atom. The standard InChI is InChI=1S/C19H23NO5/c1-12(2)10-20(11-13(3)18(22)24-4)17(21)15-9-14-7-5-6-8-16(14)25-19(15)23/h5-9,12-13H,10-11H2,1-4H3. The summed E-state index contributed by atoms with van der Waals surface area (Å²) in [4.78, 5) is 38.3. The van der Waals surface area contributed by atoms with Crippen molar-refractivity contribution < 1.29 is 18.7 Å². The van der Waals surface area contributed by atoms with Crippen LogP contribution in [0.5, 0.6) is 0 Å². The van der Waals surface area contributed by atoms with Crippen molar-refractivity contribution in [1.82, 2.24) is 4.90 Å². The molecule has 1 aromatic heterocycles. The van der Waals surface area contributed by atoms with E-state index in [1.807, 2.05) is 19.9 Å². The van der Waals surface area contributed by atoms with Crippen LogP contribution in [-0.4, -0.2) is 37.0 Å². The van der Waals surface area contributed by atoms with Gasteiger partial charge < -0.3 is 14.1 Å². The Kier molecular flexibility index (Phi) is 5.96. The fraction of sp³-hybridized carbons (Fsp3) is 0.421. The fourth-order valence-electron chi connectivity index (χ4n) is 2.67. The number of carbonyl (C=O) groups excluding carboxylic acids is 2. The molecular formula is C19H23NO5. The second-order valence-electron chi connectivity index (χ2n) is 6.51. The molecule has 1 heterocycles. The van der Waals surface area contributed by atoms with Crippen LogP contribution in [0.15, 0.2) is 39.5 Å². The second-order valence-corrected chi connectivity index (χ2v) is 6.51. The van der Waals surface area contributed by atoms with Crippen molar-refractivity contribution >= 4 is 22.8 Å². The molecule has 0 aliphatic heterocycles. The van der Waals surface area contributed by atoms with Gasteiger partial charge >= 0.3 is 11.6 Å². The van der Waals surface area contributed by atoms with Gasteiger partial charge in [0.1, 0.15) is 11.1 Å². The highest BCUT2D eigenvalue weighted by atomic mass is 16.5. The van der Waals surface area contributed by atoms with Crippen molar-refractivity contribution in [3.63, 3.8) is 0 Å². The second kappa shape index (κ2) is 7.96. The average Bonchev–Trinajstić information content (AvgIpc) is 2.58. The van der Waals surface area contributed by atoms with Crippen LogP contribution in [0.2, 0.25) is 0 Å². The molecule has 134 valence electrons. The van der Waals surface area contributed by atoms with Crippen molar-refractivity contribution in [1.29, 1.82) is 0 Å². The lowest BCUT2D eigenvalue weighted by atomic mass is 10.1. The zero-order valence-corrected chi connectivity index (χ0v) is 14.9. The van der Waals surface area contributed by atoms with Crippen LogP contribution in [0.25, 0.3) is 11.0 Å². The summed E-state index contributed by atoms with van der Waals surface area (Å²) in [6, 6.07) is 8.56. The van der Waals surface area contributed by atoms with Gasteiger partial charge in [-0.2, -0.15) is 0 Å². The lowest BCUT2D eigenvalue weighted by molar-refractivity contribution is -0.145. The number of para-hydroxylation sites is 1. The molecule has 6 nitrogen and oxygen atoms in total. The average molecular weight is 345 g/mol. The van der Waals surface area contributed by atoms with Crippen LogP contribution in [0, 0.1) is 11.8 Å². The van der Waals surface area contributed by atoms with E-state index in [9.17, 15) is 14.4 Å². The van der Waals surface area contributed by atoms with Gasteiger partial charge in [-0.15, -0.1) is 0 Å². The normalized spacial score (nSPS) is 12.2. The summed E-state index contributed by atoms with van der Waals surface area (Å²) in [5, 5.41) is 0.677. The highest BCUT2D eigenvalue weighted by Crippen LogP contribution is 2.15. The van der Waals surface area contributed by atoms with Crippen LogP contribution in [-0.2, 0) is 9.53 Å². The molecule has 0 saturated carbocycles. The van der Waals surface area contributed by atoms with Crippen LogP contribution in [0.4, 0.5) is 0 Å². The first-order valence-electron chi connectivity index (χ1n) is 8.23. The smallest absolute Gasteiger partial charge is 0.349 e. The van der Waals surface area contributed by atoms with E-state index in [1.54, 1.807) is 31.2 Å². The molecule has 2 rings (SSSR count). The van der Waals surface area contributed by atoms with Crippen molar-refractivity contribution in [2.24, 2.45) is 11.8 Å². The molecule has 1 aromatic carbocycles. The summed E-state index contributed by atoms with van der Waals surface area (Å²) in [6.45, 7) is 6.22. The summed E-state index contributed by atoms with van der Waals surface area (Å²) in [5.41, 5.74) is -0.276. The third-order valence-corrected chi connectivity index (χ3v) is 3.84. The maximum atomic E-state index is 12.9. The SMILES string of the molecule is COC(=O)C(C)CN(CC(C)C)C(=O)c1cc2ccccc2oc1=O. The Morgan fingerprint density at radius 3 is 2.48 bits per heavy atom. The molecule has 1 unspecified atom stereocenters. The molecule has 0 aliphatic carbocycles. The molecule has 2 aromatic rings. The summed E-state index contributed by atoms with van der Waals surface area (Å²) in [7, 11) is 1.31. The Bertz CT molecular complexity index is 824. The number of carbonyl (C=O) groups is 2. The molecule has 0 saturated heterocycles. The summed E-state index contributed by atoms with van der Waals surface area (Å²) in [6.07, 6.45) is 0. The molecule has 0 aliphatic rings. The number of nitrogens with zero attached hydrogens (tertiary/aromatic N) is 1. The van der Waals surface area contributed by atoms with Gasteiger partial charge in [0.15, 0.2) is 0 Å². The number of rotatable bonds is 6. The Hall–Kier alpha value is -2.63. The van der Waals surface area contributed by atoms with Gasteiger partial charge in [0.25, 0.3) is 5.91 Å². The Morgan fingerprint density at radius 1 is 1.16 bits per heavy atom. The lowest BCUT2D eigenvalue weighted by Crippen LogP contribution is -2.41. The number of ether oxygens (including phenoxy) is 1. The van der Waals surface area contributed by atoms with E-state index in [0.717, 1.165) is 0 Å². The van der Waals surface area contributed by atoms with E-state index in [4.69, 9.17) is 9.15 Å². The fourth-order valence-corrected chi connectivity index (χ4v) is 2.67. The minimum absolute atomic E-state index is 0.0311. The van der Waals surface area contributed by atoms with Gasteiger partial charge in [0, 0.05) is 18.5 Å². The minimum Gasteiger partial charge on any atom is -0.469 e. The molecule has 0 radical (unpaired) electrons. The number of esters is 1. The van der Waals surface area contributed by atoms with Gasteiger partial charge in [-0.3, -0.25) is 9.59 Å². The molecule has 0 N–H and O–H groups in total. The Balaban J connectivity index is 2.36. The number of fused-ring (bicyclic) bond motifs is 1. The molecule has 1 atom stereocenters. The van der Waals surface area contributed by atoms with Crippen molar-refractivity contribution in [2.45, 2.75) is 20.8 Å². The highest BCUT2D eigenvalue weighted by Gasteiger charge is 2.25. The topological polar surface area (TPSA) is 76.8 Å². The number of methoxy groups -OCH3 is 1. The molecule has 25 heavy (non-hydrogen) atoms. The molecule has 0 fully saturated rings. The zero-order valence-electron chi connectivity index (χ0n) is 14.9. The van der Waals surface area contributed by atoms with Gasteiger partial charge in [-0.25, -0.2) is 4.79 Å². The molecule has 1 amide bonds. The van der Waals surface area contributed by atoms with E-state index in [2.05, 4.69) is 0 Å². The third kappa shape index (κ3) is 4.47. The first-order valence-corrected chi connectivity index (χ1v) is 8.23. The molecule has 0 bridgehead atoms. The van der Waals surface area contributed by atoms with Gasteiger partial charge in [-0.05, 0) is 18.1 Å². The van der Waals surface area contributed by atoms with E-state index in [-0.39, 0.29) is 18.0 Å². The van der Waals surface area contributed by atoms with Crippen molar-refractivity contribution in [3.8, 4) is 0 Å². The Labute approximate surface area is 146 Å². The maximum absolute atomic E-state index is 12.9. The predicted octanol–water partition coefficient (Wildman–Crippen LogP) is 2.70. The van der Waals surface area contributed by atoms with Crippen LogP contribution >= 0.6 is 0 Å². The first kappa shape index (κ1) is 18.7. The van der Waals surface area contributed by atoms with Crippen molar-refractivity contribution in [2.75, 3.05) is 20.2 Å². The molecular weight excluding hydrogens is 322 g/mol. The van der Waals surface area contributed by atoms with Crippen LogP contribution < -0.4 is 5.63 Å². The van der Waals surface area contributed by atoms with Gasteiger partial charge in [0.05, 0.1) is 13.0 Å². The lowest BCUT2D eigenvalue weighted by Gasteiger charge is -2.26. The maximum Gasteiger partial charge on any atom is 0.349 e. The summed E-state index contributed by atoms with van der Waals surface area (Å²) >= 11 is 0. The number of amides is 1. The monoisotopic (exact) mass is 345 g/mol. The van der Waals surface area contributed by atoms with E-state index < -0.39 is 23.4 Å². The number of hydrogen-bond donors (Lipinski definition) is 0. The summed E-state index contributed by atoms with van der Waals surface area (Å²) < 4.78 is 9.98. The number of benzene rings is 1. The largest absolute Gasteiger partial charge is 0.469 e. The first-order chi connectivity index (χ1) is 11.8. The van der Waals surface area contributed by atoms with E-state index in [1.165, 1.54) is 12.0 Å². The van der Waals surface area contributed by atoms with Gasteiger partial charge in [-0.1, -0.05) is 39.0 Å². The third-order valence-electron chi connectivity index (χ3n) is 3.84. The van der Waals surface area contributed by atoms with E-state index >= 15 is 0 Å². The quantitative estimate of drug-likeness (QED) is 0.594. The van der Waals surface area contributed by atoms with Crippen LogP contribution in [0.1, 0.15) is 31.1 Å². The molecule has 6 heteroatoms. The predicted molar refractivity (Wildman–Crippen MR) is 94.4 cm³/mol. The van der Waals surface area contributed by atoms with Crippen molar-refractivity contribution in [3.05, 3.63) is 46.3 Å².